The second-order valence-electron chi connectivity index (χ2n) is 4.89. The molecule has 2 nitrogen and oxygen atoms in total. The van der Waals surface area contributed by atoms with Gasteiger partial charge < -0.3 is 10.2 Å². The van der Waals surface area contributed by atoms with Gasteiger partial charge in [-0.1, -0.05) is 32.9 Å². The zero-order valence-electron chi connectivity index (χ0n) is 11.1. The van der Waals surface area contributed by atoms with Gasteiger partial charge in [0.15, 0.2) is 0 Å². The Bertz CT molecular complexity index is 537. The molecule has 0 bridgehead atoms. The zero-order chi connectivity index (χ0) is 12.6. The Kier molecular flexibility index (Phi) is 3.25. The predicted octanol–water partition coefficient (Wildman–Crippen LogP) is 3.89. The summed E-state index contributed by atoms with van der Waals surface area (Å²) in [6.07, 6.45) is 0.975. The number of nitrogens with two attached hydrogens (primary N) is 1. The van der Waals surface area contributed by atoms with Gasteiger partial charge in [0.05, 0.1) is 6.54 Å². The van der Waals surface area contributed by atoms with Crippen LogP contribution in [0.2, 0.25) is 0 Å². The minimum absolute atomic E-state index is 0.481. The largest absolute Gasteiger partial charge is 0.459 e. The molecule has 0 saturated heterocycles. The van der Waals surface area contributed by atoms with Crippen molar-refractivity contribution < 1.29 is 4.42 Å². The maximum atomic E-state index is 5.94. The van der Waals surface area contributed by atoms with Gasteiger partial charge in [-0.25, -0.2) is 0 Å². The molecule has 2 rings (SSSR count). The van der Waals surface area contributed by atoms with Crippen LogP contribution in [0.3, 0.4) is 0 Å². The summed E-state index contributed by atoms with van der Waals surface area (Å²) >= 11 is 0. The van der Waals surface area contributed by atoms with Gasteiger partial charge in [0.2, 0.25) is 0 Å². The molecule has 0 amide bonds. The second kappa shape index (κ2) is 4.53. The van der Waals surface area contributed by atoms with Crippen molar-refractivity contribution in [2.45, 2.75) is 46.6 Å². The van der Waals surface area contributed by atoms with Crippen LogP contribution in [0, 0.1) is 6.92 Å². The summed E-state index contributed by atoms with van der Waals surface area (Å²) in [5, 5.41) is 1.29. The van der Waals surface area contributed by atoms with Crippen molar-refractivity contribution in [1.29, 1.82) is 0 Å². The van der Waals surface area contributed by atoms with E-state index in [0.29, 0.717) is 12.5 Å². The third kappa shape index (κ3) is 1.87. The lowest BCUT2D eigenvalue weighted by atomic mass is 9.94. The molecule has 0 fully saturated rings. The highest BCUT2D eigenvalue weighted by Crippen LogP contribution is 2.34. The first-order valence-electron chi connectivity index (χ1n) is 6.33. The Morgan fingerprint density at radius 1 is 1.29 bits per heavy atom. The molecule has 0 aliphatic heterocycles. The topological polar surface area (TPSA) is 39.2 Å². The third-order valence-corrected chi connectivity index (χ3v) is 3.41. The van der Waals surface area contributed by atoms with Crippen LogP contribution in [0.15, 0.2) is 16.5 Å². The van der Waals surface area contributed by atoms with E-state index in [9.17, 15) is 0 Å². The van der Waals surface area contributed by atoms with E-state index in [1.54, 1.807) is 0 Å². The number of furan rings is 1. The van der Waals surface area contributed by atoms with Crippen LogP contribution in [0.4, 0.5) is 0 Å². The highest BCUT2D eigenvalue weighted by Gasteiger charge is 2.17. The lowest BCUT2D eigenvalue weighted by molar-refractivity contribution is 0.544. The molecule has 0 unspecified atom stereocenters. The van der Waals surface area contributed by atoms with Gasteiger partial charge in [0.25, 0.3) is 0 Å². The highest BCUT2D eigenvalue weighted by atomic mass is 16.3. The Hall–Kier alpha value is -1.28. The van der Waals surface area contributed by atoms with Crippen LogP contribution in [-0.4, -0.2) is 0 Å². The smallest absolute Gasteiger partial charge is 0.137 e. The summed E-state index contributed by atoms with van der Waals surface area (Å²) in [4.78, 5) is 0. The van der Waals surface area contributed by atoms with E-state index >= 15 is 0 Å². The summed E-state index contributed by atoms with van der Waals surface area (Å²) < 4.78 is 5.94. The van der Waals surface area contributed by atoms with E-state index in [2.05, 4.69) is 39.8 Å². The molecule has 1 aromatic heterocycles. The average molecular weight is 231 g/mol. The monoisotopic (exact) mass is 231 g/mol. The lowest BCUT2D eigenvalue weighted by Gasteiger charge is -2.09. The summed E-state index contributed by atoms with van der Waals surface area (Å²) in [6, 6.07) is 4.36. The molecule has 0 aliphatic carbocycles. The van der Waals surface area contributed by atoms with Crippen LogP contribution in [0.1, 0.15) is 49.1 Å². The Labute approximate surface area is 103 Å². The standard InChI is InChI=1S/C15H21NO/c1-5-11-13(8-16)17-15-10(4)6-7-12(9(2)3)14(11)15/h6-7,9H,5,8,16H2,1-4H3. The molecule has 0 radical (unpaired) electrons. The van der Waals surface area contributed by atoms with E-state index < -0.39 is 0 Å². The number of aryl methyl sites for hydroxylation is 2. The Morgan fingerprint density at radius 2 is 2.00 bits per heavy atom. The minimum Gasteiger partial charge on any atom is -0.459 e. The van der Waals surface area contributed by atoms with Crippen molar-refractivity contribution in [2.75, 3.05) is 0 Å². The van der Waals surface area contributed by atoms with E-state index in [1.165, 1.54) is 22.1 Å². The van der Waals surface area contributed by atoms with Gasteiger partial charge in [0, 0.05) is 10.9 Å². The number of benzene rings is 1. The van der Waals surface area contributed by atoms with E-state index in [1.807, 2.05) is 0 Å². The van der Waals surface area contributed by atoms with E-state index in [0.717, 1.165) is 17.8 Å². The predicted molar refractivity (Wildman–Crippen MR) is 72.3 cm³/mol. The van der Waals surface area contributed by atoms with Crippen molar-refractivity contribution in [3.8, 4) is 0 Å². The van der Waals surface area contributed by atoms with Gasteiger partial charge in [-0.2, -0.15) is 0 Å². The number of hydrogen-bond donors (Lipinski definition) is 1. The summed E-state index contributed by atoms with van der Waals surface area (Å²) in [7, 11) is 0. The molecule has 92 valence electrons. The molecule has 0 saturated carbocycles. The normalized spacial score (nSPS) is 11.6. The molecule has 0 atom stereocenters. The first-order chi connectivity index (χ1) is 8.10. The lowest BCUT2D eigenvalue weighted by Crippen LogP contribution is -1.98. The fourth-order valence-electron chi connectivity index (χ4n) is 2.49. The summed E-state index contributed by atoms with van der Waals surface area (Å²) in [5.41, 5.74) is 10.6. The average Bonchev–Trinajstić information content (AvgIpc) is 2.68. The Balaban J connectivity index is 2.86. The fraction of sp³-hybridized carbons (Fsp3) is 0.467. The maximum Gasteiger partial charge on any atom is 0.137 e. The van der Waals surface area contributed by atoms with E-state index in [4.69, 9.17) is 10.2 Å². The summed E-state index contributed by atoms with van der Waals surface area (Å²) in [6.45, 7) is 9.18. The van der Waals surface area contributed by atoms with Crippen LogP contribution < -0.4 is 5.73 Å². The highest BCUT2D eigenvalue weighted by molar-refractivity contribution is 5.88. The van der Waals surface area contributed by atoms with Crippen LogP contribution in [0.5, 0.6) is 0 Å². The Morgan fingerprint density at radius 3 is 2.53 bits per heavy atom. The van der Waals surface area contributed by atoms with Gasteiger partial charge >= 0.3 is 0 Å². The van der Waals surface area contributed by atoms with Gasteiger partial charge in [-0.15, -0.1) is 0 Å². The molecule has 0 spiro atoms. The van der Waals surface area contributed by atoms with Crippen molar-refractivity contribution in [3.63, 3.8) is 0 Å². The molecular formula is C15H21NO. The van der Waals surface area contributed by atoms with Crippen LogP contribution in [0.25, 0.3) is 11.0 Å². The van der Waals surface area contributed by atoms with Crippen molar-refractivity contribution in [2.24, 2.45) is 5.73 Å². The third-order valence-electron chi connectivity index (χ3n) is 3.41. The molecule has 2 N–H and O–H groups in total. The molecule has 2 aromatic rings. The number of rotatable bonds is 3. The summed E-state index contributed by atoms with van der Waals surface area (Å²) in [5.74, 6) is 1.45. The quantitative estimate of drug-likeness (QED) is 0.870. The molecule has 17 heavy (non-hydrogen) atoms. The maximum absolute atomic E-state index is 5.94. The van der Waals surface area contributed by atoms with Crippen molar-refractivity contribution in [3.05, 3.63) is 34.6 Å². The van der Waals surface area contributed by atoms with Crippen molar-refractivity contribution in [1.82, 2.24) is 0 Å². The molecule has 0 aliphatic rings. The van der Waals surface area contributed by atoms with Crippen LogP contribution >= 0.6 is 0 Å². The minimum atomic E-state index is 0.481. The first kappa shape index (κ1) is 12.2. The number of fused-ring (bicyclic) bond motifs is 1. The van der Waals surface area contributed by atoms with Crippen molar-refractivity contribution >= 4 is 11.0 Å². The van der Waals surface area contributed by atoms with Gasteiger partial charge in [0.1, 0.15) is 11.3 Å². The van der Waals surface area contributed by atoms with Gasteiger partial charge in [-0.05, 0) is 30.4 Å². The zero-order valence-corrected chi connectivity index (χ0v) is 11.1. The number of hydrogen-bond acceptors (Lipinski definition) is 2. The fourth-order valence-corrected chi connectivity index (χ4v) is 2.49. The molecule has 1 heterocycles. The SMILES string of the molecule is CCc1c(CN)oc2c(C)ccc(C(C)C)c12. The molecule has 1 aromatic carbocycles. The molecular weight excluding hydrogens is 210 g/mol. The second-order valence-corrected chi connectivity index (χ2v) is 4.89. The van der Waals surface area contributed by atoms with Gasteiger partial charge in [-0.3, -0.25) is 0 Å². The molecule has 2 heteroatoms. The first-order valence-corrected chi connectivity index (χ1v) is 6.33. The van der Waals surface area contributed by atoms with Crippen LogP contribution in [-0.2, 0) is 13.0 Å². The van der Waals surface area contributed by atoms with E-state index in [-0.39, 0.29) is 0 Å².